The molecule has 0 bridgehead atoms. The lowest BCUT2D eigenvalue weighted by atomic mass is 10.0. The van der Waals surface area contributed by atoms with Crippen molar-refractivity contribution in [3.05, 3.63) is 42.2 Å². The van der Waals surface area contributed by atoms with Crippen LogP contribution in [0.25, 0.3) is 11.4 Å². The summed E-state index contributed by atoms with van der Waals surface area (Å²) < 4.78 is 33.2. The molecule has 0 aliphatic rings. The smallest absolute Gasteiger partial charge is 0.159 e. The monoisotopic (exact) mass is 446 g/mol. The Morgan fingerprint density at radius 2 is 1.34 bits per heavy atom. The van der Waals surface area contributed by atoms with Gasteiger partial charge in [0.15, 0.2) is 11.6 Å². The molecule has 1 aromatic carbocycles. The number of ether oxygens (including phenoxy) is 1. The fourth-order valence-electron chi connectivity index (χ4n) is 3.71. The zero-order valence-corrected chi connectivity index (χ0v) is 19.9. The molecular weight excluding hydrogens is 406 g/mol. The van der Waals surface area contributed by atoms with E-state index in [1.54, 1.807) is 12.4 Å². The Labute approximate surface area is 193 Å². The predicted molar refractivity (Wildman–Crippen MR) is 129 cm³/mol. The quantitative estimate of drug-likeness (QED) is 0.230. The van der Waals surface area contributed by atoms with Crippen molar-refractivity contribution < 1.29 is 13.5 Å². The van der Waals surface area contributed by atoms with Crippen LogP contribution in [0.2, 0.25) is 0 Å². The summed E-state index contributed by atoms with van der Waals surface area (Å²) in [6, 6.07) is 8.39. The second-order valence-electron chi connectivity index (χ2n) is 8.62. The van der Waals surface area contributed by atoms with Crippen LogP contribution in [0, 0.1) is 0 Å². The van der Waals surface area contributed by atoms with E-state index in [2.05, 4.69) is 41.2 Å². The maximum Gasteiger partial charge on any atom is 0.159 e. The van der Waals surface area contributed by atoms with E-state index in [4.69, 9.17) is 4.74 Å². The lowest BCUT2D eigenvalue weighted by Crippen LogP contribution is -2.20. The molecule has 0 aliphatic heterocycles. The molecule has 0 spiro atoms. The summed E-state index contributed by atoms with van der Waals surface area (Å²) in [7, 11) is 0. The number of hydrogen-bond acceptors (Lipinski definition) is 3. The number of rotatable bonds is 17. The summed E-state index contributed by atoms with van der Waals surface area (Å²) in [4.78, 5) is 8.72. The summed E-state index contributed by atoms with van der Waals surface area (Å²) in [5, 5.41) is 0. The van der Waals surface area contributed by atoms with E-state index in [-0.39, 0.29) is 19.4 Å². The standard InChI is InChI=1S/C27H40F2N2O/c1-3-5-7-8-9-11-12-22-14-16-23(17-15-22)27-30-20-24(21-31-27)32-19-18-26(29)25(28)13-10-6-4-2/h14-17,20-21,25-26H,3-13,18-19H2,1-2H3. The number of hydrogen-bond donors (Lipinski definition) is 0. The molecule has 0 saturated heterocycles. The largest absolute Gasteiger partial charge is 0.490 e. The van der Waals surface area contributed by atoms with Gasteiger partial charge < -0.3 is 4.74 Å². The molecular formula is C27H40F2N2O. The molecule has 0 amide bonds. The molecule has 0 saturated carbocycles. The van der Waals surface area contributed by atoms with E-state index in [9.17, 15) is 8.78 Å². The average Bonchev–Trinajstić information content (AvgIpc) is 2.82. The van der Waals surface area contributed by atoms with Crippen LogP contribution in [0.5, 0.6) is 5.75 Å². The lowest BCUT2D eigenvalue weighted by Gasteiger charge is -2.14. The van der Waals surface area contributed by atoms with Gasteiger partial charge in [0.1, 0.15) is 12.3 Å². The van der Waals surface area contributed by atoms with Gasteiger partial charge in [-0.3, -0.25) is 0 Å². The number of alkyl halides is 2. The van der Waals surface area contributed by atoms with E-state index in [1.165, 1.54) is 44.1 Å². The molecule has 2 rings (SSSR count). The van der Waals surface area contributed by atoms with Crippen molar-refractivity contribution in [2.24, 2.45) is 0 Å². The van der Waals surface area contributed by atoms with Crippen LogP contribution < -0.4 is 4.74 Å². The minimum Gasteiger partial charge on any atom is -0.490 e. The minimum absolute atomic E-state index is 0.0368. The first-order valence-electron chi connectivity index (χ1n) is 12.5. The average molecular weight is 447 g/mol. The maximum absolute atomic E-state index is 13.9. The summed E-state index contributed by atoms with van der Waals surface area (Å²) in [6.45, 7) is 4.41. The molecule has 1 aromatic heterocycles. The first-order valence-corrected chi connectivity index (χ1v) is 12.5. The molecule has 32 heavy (non-hydrogen) atoms. The van der Waals surface area contributed by atoms with Crippen molar-refractivity contribution in [1.82, 2.24) is 9.97 Å². The Hall–Kier alpha value is -2.04. The molecule has 0 radical (unpaired) electrons. The third-order valence-electron chi connectivity index (χ3n) is 5.80. The van der Waals surface area contributed by atoms with Crippen LogP contribution >= 0.6 is 0 Å². The van der Waals surface area contributed by atoms with Crippen molar-refractivity contribution >= 4 is 0 Å². The number of benzene rings is 1. The van der Waals surface area contributed by atoms with E-state index in [0.717, 1.165) is 31.2 Å². The highest BCUT2D eigenvalue weighted by molar-refractivity contribution is 5.55. The van der Waals surface area contributed by atoms with Crippen LogP contribution in [0.4, 0.5) is 8.78 Å². The number of unbranched alkanes of at least 4 members (excludes halogenated alkanes) is 7. The van der Waals surface area contributed by atoms with Gasteiger partial charge >= 0.3 is 0 Å². The highest BCUT2D eigenvalue weighted by atomic mass is 19.2. The Bertz CT molecular complexity index is 721. The van der Waals surface area contributed by atoms with Crippen LogP contribution in [-0.2, 0) is 6.42 Å². The van der Waals surface area contributed by atoms with Crippen LogP contribution in [0.3, 0.4) is 0 Å². The lowest BCUT2D eigenvalue weighted by molar-refractivity contribution is 0.127. The topological polar surface area (TPSA) is 35.0 Å². The number of halogens is 2. The molecule has 2 atom stereocenters. The third-order valence-corrected chi connectivity index (χ3v) is 5.80. The second kappa shape index (κ2) is 15.7. The minimum atomic E-state index is -1.48. The predicted octanol–water partition coefficient (Wildman–Crippen LogP) is 8.07. The van der Waals surface area contributed by atoms with Crippen LogP contribution in [-0.4, -0.2) is 28.9 Å². The molecule has 3 nitrogen and oxygen atoms in total. The van der Waals surface area contributed by atoms with Crippen molar-refractivity contribution in [2.45, 2.75) is 103 Å². The molecule has 1 heterocycles. The Kier molecular flexibility index (Phi) is 12.9. The number of nitrogens with zero attached hydrogens (tertiary/aromatic N) is 2. The second-order valence-corrected chi connectivity index (χ2v) is 8.62. The van der Waals surface area contributed by atoms with Crippen molar-refractivity contribution in [3.63, 3.8) is 0 Å². The van der Waals surface area contributed by atoms with E-state index in [1.807, 2.05) is 6.92 Å². The highest BCUT2D eigenvalue weighted by Gasteiger charge is 2.19. The Balaban J connectivity index is 1.71. The fraction of sp³-hybridized carbons (Fsp3) is 0.630. The Morgan fingerprint density at radius 3 is 2.03 bits per heavy atom. The summed E-state index contributed by atoms with van der Waals surface area (Å²) in [6.07, 6.45) is 12.2. The Morgan fingerprint density at radius 1 is 0.750 bits per heavy atom. The molecule has 0 fully saturated rings. The van der Waals surface area contributed by atoms with E-state index in [0.29, 0.717) is 11.6 Å². The van der Waals surface area contributed by atoms with Gasteiger partial charge in [0.25, 0.3) is 0 Å². The summed E-state index contributed by atoms with van der Waals surface area (Å²) >= 11 is 0. The zero-order chi connectivity index (χ0) is 23.0. The first-order chi connectivity index (χ1) is 15.6. The number of aromatic nitrogens is 2. The summed E-state index contributed by atoms with van der Waals surface area (Å²) in [5.74, 6) is 1.11. The first kappa shape index (κ1) is 26.2. The normalized spacial score (nSPS) is 13.1. The molecule has 5 heteroatoms. The van der Waals surface area contributed by atoms with Gasteiger partial charge in [-0.2, -0.15) is 0 Å². The van der Waals surface area contributed by atoms with E-state index < -0.39 is 12.3 Å². The molecule has 2 aromatic rings. The van der Waals surface area contributed by atoms with Gasteiger partial charge in [-0.15, -0.1) is 0 Å². The third kappa shape index (κ3) is 10.1. The molecule has 2 unspecified atom stereocenters. The van der Waals surface area contributed by atoms with Crippen molar-refractivity contribution in [3.8, 4) is 17.1 Å². The van der Waals surface area contributed by atoms with Crippen molar-refractivity contribution in [2.75, 3.05) is 6.61 Å². The van der Waals surface area contributed by atoms with Gasteiger partial charge in [-0.25, -0.2) is 18.7 Å². The fourth-order valence-corrected chi connectivity index (χ4v) is 3.71. The highest BCUT2D eigenvalue weighted by Crippen LogP contribution is 2.20. The van der Waals surface area contributed by atoms with E-state index >= 15 is 0 Å². The maximum atomic E-state index is 13.9. The van der Waals surface area contributed by atoms with Gasteiger partial charge in [0, 0.05) is 12.0 Å². The summed E-state index contributed by atoms with van der Waals surface area (Å²) in [5.41, 5.74) is 2.30. The van der Waals surface area contributed by atoms with Crippen molar-refractivity contribution in [1.29, 1.82) is 0 Å². The molecule has 0 aliphatic carbocycles. The molecule has 178 valence electrons. The van der Waals surface area contributed by atoms with Gasteiger partial charge in [0.2, 0.25) is 0 Å². The van der Waals surface area contributed by atoms with Gasteiger partial charge in [0.05, 0.1) is 19.0 Å². The van der Waals surface area contributed by atoms with Crippen LogP contribution in [0.1, 0.15) is 90.0 Å². The van der Waals surface area contributed by atoms with Gasteiger partial charge in [-0.1, -0.05) is 89.5 Å². The van der Waals surface area contributed by atoms with Gasteiger partial charge in [-0.05, 0) is 24.8 Å². The van der Waals surface area contributed by atoms with Crippen LogP contribution in [0.15, 0.2) is 36.7 Å². The SMILES string of the molecule is CCCCCCCCc1ccc(-c2ncc(OCCC(F)C(F)CCCCC)cn2)cc1. The zero-order valence-electron chi connectivity index (χ0n) is 19.9. The molecule has 0 N–H and O–H groups in total. The number of aryl methyl sites for hydroxylation is 1.